The highest BCUT2D eigenvalue weighted by molar-refractivity contribution is 6.51. The molecule has 3 aromatic carbocycles. The molecule has 2 heterocycles. The minimum absolute atomic E-state index is 0.0305. The molecule has 3 aromatic rings. The third-order valence-electron chi connectivity index (χ3n) is 6.10. The summed E-state index contributed by atoms with van der Waals surface area (Å²) in [5.74, 6) is -0.641. The topological polar surface area (TPSA) is 79.3 Å². The van der Waals surface area contributed by atoms with Crippen molar-refractivity contribution in [2.24, 2.45) is 0 Å². The van der Waals surface area contributed by atoms with E-state index in [-0.39, 0.29) is 18.1 Å². The van der Waals surface area contributed by atoms with Crippen LogP contribution in [0.2, 0.25) is 0 Å². The molecule has 7 heteroatoms. The van der Waals surface area contributed by atoms with Crippen molar-refractivity contribution >= 4 is 28.8 Å². The number of ketones is 1. The van der Waals surface area contributed by atoms with E-state index in [4.69, 9.17) is 9.47 Å². The average Bonchev–Trinajstić information content (AvgIpc) is 3.40. The standard InChI is InChI=1S/C27H24N2O5/c1-16-5-4-6-20(13-16)29-24(17-7-10-19(11-8-17)28(2)3)23(26(31)27(29)32)25(30)18-9-12-21-22(14-18)34-15-33-21/h4-14,24,30H,15H2,1-3H3/b25-23-. The molecule has 0 saturated carbocycles. The van der Waals surface area contributed by atoms with E-state index in [0.29, 0.717) is 28.3 Å². The highest BCUT2D eigenvalue weighted by Crippen LogP contribution is 2.43. The third kappa shape index (κ3) is 3.55. The number of aryl methyl sites for hydroxylation is 1. The number of anilines is 2. The monoisotopic (exact) mass is 456 g/mol. The molecule has 2 aliphatic rings. The van der Waals surface area contributed by atoms with E-state index >= 15 is 0 Å². The fourth-order valence-electron chi connectivity index (χ4n) is 4.35. The molecule has 5 rings (SSSR count). The molecule has 1 fully saturated rings. The number of hydrogen-bond acceptors (Lipinski definition) is 6. The van der Waals surface area contributed by atoms with Gasteiger partial charge >= 0.3 is 0 Å². The SMILES string of the molecule is Cc1cccc(N2C(=O)C(=O)/C(=C(\O)c3ccc4c(c3)OCO4)C2c2ccc(N(C)C)cc2)c1. The zero-order valence-corrected chi connectivity index (χ0v) is 19.1. The maximum absolute atomic E-state index is 13.3. The Labute approximate surface area is 197 Å². The van der Waals surface area contributed by atoms with Gasteiger partial charge in [-0.05, 0) is 60.5 Å². The number of carbonyl (C=O) groups excluding carboxylic acids is 2. The molecule has 2 aliphatic heterocycles. The molecule has 1 saturated heterocycles. The van der Waals surface area contributed by atoms with Crippen molar-refractivity contribution in [3.05, 3.63) is 89.0 Å². The number of fused-ring (bicyclic) bond motifs is 1. The van der Waals surface area contributed by atoms with Gasteiger partial charge in [-0.25, -0.2) is 0 Å². The van der Waals surface area contributed by atoms with Crippen molar-refractivity contribution in [2.45, 2.75) is 13.0 Å². The molecular formula is C27H24N2O5. The van der Waals surface area contributed by atoms with Crippen LogP contribution in [-0.4, -0.2) is 37.7 Å². The van der Waals surface area contributed by atoms with E-state index in [0.717, 1.165) is 11.3 Å². The number of Topliss-reactive ketones (excluding diaryl/α,β-unsaturated/α-hetero) is 1. The van der Waals surface area contributed by atoms with Crippen LogP contribution in [0.25, 0.3) is 5.76 Å². The first kappa shape index (κ1) is 21.6. The molecule has 172 valence electrons. The van der Waals surface area contributed by atoms with Gasteiger partial charge in [0.2, 0.25) is 6.79 Å². The van der Waals surface area contributed by atoms with Gasteiger partial charge in [0.1, 0.15) is 5.76 Å². The average molecular weight is 456 g/mol. The highest BCUT2D eigenvalue weighted by Gasteiger charge is 2.47. The van der Waals surface area contributed by atoms with Gasteiger partial charge < -0.3 is 19.5 Å². The molecule has 0 spiro atoms. The molecule has 7 nitrogen and oxygen atoms in total. The zero-order chi connectivity index (χ0) is 24.0. The molecular weight excluding hydrogens is 432 g/mol. The van der Waals surface area contributed by atoms with Gasteiger partial charge in [-0.1, -0.05) is 24.3 Å². The van der Waals surface area contributed by atoms with Crippen LogP contribution in [0.15, 0.2) is 72.3 Å². The zero-order valence-electron chi connectivity index (χ0n) is 19.1. The summed E-state index contributed by atoms with van der Waals surface area (Å²) in [6.45, 7) is 2.02. The largest absolute Gasteiger partial charge is 0.507 e. The summed E-state index contributed by atoms with van der Waals surface area (Å²) in [5.41, 5.74) is 3.65. The predicted octanol–water partition coefficient (Wildman–Crippen LogP) is 4.42. The van der Waals surface area contributed by atoms with Crippen LogP contribution in [0.4, 0.5) is 11.4 Å². The number of nitrogens with zero attached hydrogens (tertiary/aromatic N) is 2. The maximum atomic E-state index is 13.3. The minimum Gasteiger partial charge on any atom is -0.507 e. The molecule has 1 amide bonds. The summed E-state index contributed by atoms with van der Waals surface area (Å²) in [5, 5.41) is 11.3. The van der Waals surface area contributed by atoms with Crippen LogP contribution < -0.4 is 19.3 Å². The molecule has 0 bridgehead atoms. The summed E-state index contributed by atoms with van der Waals surface area (Å²) in [6.07, 6.45) is 0. The Morgan fingerprint density at radius 1 is 0.971 bits per heavy atom. The van der Waals surface area contributed by atoms with Crippen molar-refractivity contribution in [1.29, 1.82) is 0 Å². The molecule has 0 aliphatic carbocycles. The third-order valence-corrected chi connectivity index (χ3v) is 6.10. The summed E-state index contributed by atoms with van der Waals surface area (Å²) in [6, 6.07) is 19.2. The van der Waals surface area contributed by atoms with Gasteiger partial charge in [-0.3, -0.25) is 14.5 Å². The molecule has 0 radical (unpaired) electrons. The Kier molecular flexibility index (Phi) is 5.24. The smallest absolute Gasteiger partial charge is 0.300 e. The van der Waals surface area contributed by atoms with E-state index in [1.807, 2.05) is 68.4 Å². The lowest BCUT2D eigenvalue weighted by molar-refractivity contribution is -0.132. The molecule has 0 aromatic heterocycles. The van der Waals surface area contributed by atoms with Gasteiger partial charge in [-0.15, -0.1) is 0 Å². The Morgan fingerprint density at radius 3 is 2.41 bits per heavy atom. The number of aliphatic hydroxyl groups is 1. The number of carbonyl (C=O) groups is 2. The van der Waals surface area contributed by atoms with Crippen molar-refractivity contribution in [1.82, 2.24) is 0 Å². The van der Waals surface area contributed by atoms with E-state index < -0.39 is 17.7 Å². The lowest BCUT2D eigenvalue weighted by Crippen LogP contribution is -2.29. The molecule has 1 atom stereocenters. The fourth-order valence-corrected chi connectivity index (χ4v) is 4.35. The van der Waals surface area contributed by atoms with Crippen molar-refractivity contribution in [3.63, 3.8) is 0 Å². The van der Waals surface area contributed by atoms with Crippen molar-refractivity contribution < 1.29 is 24.2 Å². The number of aliphatic hydroxyl groups excluding tert-OH is 1. The van der Waals surface area contributed by atoms with Crippen LogP contribution in [0.3, 0.4) is 0 Å². The summed E-state index contributed by atoms with van der Waals surface area (Å²) < 4.78 is 10.8. The number of benzene rings is 3. The quantitative estimate of drug-likeness (QED) is 0.356. The van der Waals surface area contributed by atoms with E-state index in [2.05, 4.69) is 0 Å². The second-order valence-electron chi connectivity index (χ2n) is 8.56. The second-order valence-corrected chi connectivity index (χ2v) is 8.56. The van der Waals surface area contributed by atoms with Crippen LogP contribution in [0.5, 0.6) is 11.5 Å². The Bertz CT molecular complexity index is 1330. The first-order chi connectivity index (χ1) is 16.3. The number of amides is 1. The van der Waals surface area contributed by atoms with Crippen LogP contribution in [0, 0.1) is 6.92 Å². The highest BCUT2D eigenvalue weighted by atomic mass is 16.7. The van der Waals surface area contributed by atoms with Gasteiger partial charge in [0.05, 0.1) is 11.6 Å². The Balaban J connectivity index is 1.69. The van der Waals surface area contributed by atoms with Crippen LogP contribution in [0.1, 0.15) is 22.7 Å². The van der Waals surface area contributed by atoms with Gasteiger partial charge in [0.15, 0.2) is 11.5 Å². The molecule has 1 unspecified atom stereocenters. The predicted molar refractivity (Wildman–Crippen MR) is 129 cm³/mol. The lowest BCUT2D eigenvalue weighted by atomic mass is 9.94. The Hall–Kier alpha value is -4.26. The Morgan fingerprint density at radius 2 is 1.71 bits per heavy atom. The molecule has 1 N–H and O–H groups in total. The van der Waals surface area contributed by atoms with Crippen LogP contribution in [-0.2, 0) is 9.59 Å². The summed E-state index contributed by atoms with van der Waals surface area (Å²) in [4.78, 5) is 30.0. The normalized spacial score (nSPS) is 18.4. The number of ether oxygens (including phenoxy) is 2. The van der Waals surface area contributed by atoms with Crippen molar-refractivity contribution in [3.8, 4) is 11.5 Å². The first-order valence-corrected chi connectivity index (χ1v) is 10.9. The first-order valence-electron chi connectivity index (χ1n) is 10.9. The maximum Gasteiger partial charge on any atom is 0.300 e. The fraction of sp³-hybridized carbons (Fsp3) is 0.185. The lowest BCUT2D eigenvalue weighted by Gasteiger charge is -2.26. The van der Waals surface area contributed by atoms with Crippen LogP contribution >= 0.6 is 0 Å². The van der Waals surface area contributed by atoms with Crippen molar-refractivity contribution in [2.75, 3.05) is 30.7 Å². The number of hydrogen-bond donors (Lipinski definition) is 1. The minimum atomic E-state index is -0.788. The van der Waals surface area contributed by atoms with Gasteiger partial charge in [0, 0.05) is 31.0 Å². The van der Waals surface area contributed by atoms with E-state index in [1.54, 1.807) is 24.3 Å². The van der Waals surface area contributed by atoms with E-state index in [1.165, 1.54) is 4.90 Å². The van der Waals surface area contributed by atoms with E-state index in [9.17, 15) is 14.7 Å². The summed E-state index contributed by atoms with van der Waals surface area (Å²) >= 11 is 0. The molecule has 34 heavy (non-hydrogen) atoms. The van der Waals surface area contributed by atoms with Gasteiger partial charge in [-0.2, -0.15) is 0 Å². The second kappa shape index (κ2) is 8.26. The summed E-state index contributed by atoms with van der Waals surface area (Å²) in [7, 11) is 3.88. The van der Waals surface area contributed by atoms with Gasteiger partial charge in [0.25, 0.3) is 11.7 Å². The number of rotatable bonds is 4.